The lowest BCUT2D eigenvalue weighted by atomic mass is 10.1. The highest BCUT2D eigenvalue weighted by Crippen LogP contribution is 2.15. The Hall–Kier alpha value is -1.20. The third-order valence-corrected chi connectivity index (χ3v) is 2.43. The molecule has 0 saturated carbocycles. The van der Waals surface area contributed by atoms with E-state index in [2.05, 4.69) is 5.32 Å². The number of carbonyl (C=O) groups excluding carboxylic acids is 1. The molecule has 0 radical (unpaired) electrons. The van der Waals surface area contributed by atoms with E-state index in [9.17, 15) is 13.6 Å². The third kappa shape index (κ3) is 3.94. The van der Waals surface area contributed by atoms with E-state index >= 15 is 0 Å². The van der Waals surface area contributed by atoms with Crippen LogP contribution in [0, 0.1) is 6.92 Å². The maximum atomic E-state index is 12.0. The van der Waals surface area contributed by atoms with Gasteiger partial charge < -0.3 is 10.4 Å². The summed E-state index contributed by atoms with van der Waals surface area (Å²) >= 11 is 5.72. The molecule has 6 heteroatoms. The Kier molecular flexibility index (Phi) is 4.84. The number of amides is 1. The molecule has 0 aromatic heterocycles. The van der Waals surface area contributed by atoms with Gasteiger partial charge in [-0.25, -0.2) is 8.78 Å². The summed E-state index contributed by atoms with van der Waals surface area (Å²) in [7, 11) is 0. The Morgan fingerprint density at radius 1 is 1.53 bits per heavy atom. The zero-order valence-corrected chi connectivity index (χ0v) is 9.84. The average molecular weight is 264 g/mol. The van der Waals surface area contributed by atoms with Gasteiger partial charge in [0, 0.05) is 17.1 Å². The van der Waals surface area contributed by atoms with E-state index in [4.69, 9.17) is 16.7 Å². The number of aryl methyl sites for hydroxylation is 1. The number of hydrogen-bond acceptors (Lipinski definition) is 2. The predicted molar refractivity (Wildman–Crippen MR) is 60.5 cm³/mol. The maximum Gasteiger partial charge on any atom is 0.265 e. The SMILES string of the molecule is Cc1cc(Cl)ccc1C(=O)NCC(O)C(F)F. The van der Waals surface area contributed by atoms with Crippen molar-refractivity contribution in [3.8, 4) is 0 Å². The number of rotatable bonds is 4. The van der Waals surface area contributed by atoms with Crippen molar-refractivity contribution >= 4 is 17.5 Å². The van der Waals surface area contributed by atoms with Gasteiger partial charge in [-0.3, -0.25) is 4.79 Å². The Labute approximate surface area is 102 Å². The van der Waals surface area contributed by atoms with Gasteiger partial charge in [0.15, 0.2) is 0 Å². The molecule has 1 rings (SSSR count). The predicted octanol–water partition coefficient (Wildman–Crippen LogP) is 2.00. The second-order valence-electron chi connectivity index (χ2n) is 3.57. The van der Waals surface area contributed by atoms with Crippen LogP contribution in [-0.4, -0.2) is 30.1 Å². The molecule has 0 heterocycles. The first-order chi connectivity index (χ1) is 7.91. The van der Waals surface area contributed by atoms with E-state index in [-0.39, 0.29) is 0 Å². The minimum atomic E-state index is -2.87. The molecule has 0 aliphatic carbocycles. The van der Waals surface area contributed by atoms with Gasteiger partial charge in [0.25, 0.3) is 12.3 Å². The molecule has 0 bridgehead atoms. The number of alkyl halides is 2. The molecule has 0 saturated heterocycles. The molecular formula is C11H12ClF2NO2. The highest BCUT2D eigenvalue weighted by Gasteiger charge is 2.18. The molecule has 0 aliphatic heterocycles. The summed E-state index contributed by atoms with van der Waals surface area (Å²) in [4.78, 5) is 11.6. The number of benzene rings is 1. The minimum absolute atomic E-state index is 0.343. The molecule has 17 heavy (non-hydrogen) atoms. The minimum Gasteiger partial charge on any atom is -0.385 e. The monoisotopic (exact) mass is 263 g/mol. The van der Waals surface area contributed by atoms with Crippen LogP contribution < -0.4 is 5.32 Å². The van der Waals surface area contributed by atoms with Crippen LogP contribution in [0.3, 0.4) is 0 Å². The highest BCUT2D eigenvalue weighted by molar-refractivity contribution is 6.30. The van der Waals surface area contributed by atoms with E-state index in [1.54, 1.807) is 13.0 Å². The third-order valence-electron chi connectivity index (χ3n) is 2.20. The number of aliphatic hydroxyl groups is 1. The van der Waals surface area contributed by atoms with Gasteiger partial charge in [-0.15, -0.1) is 0 Å². The summed E-state index contributed by atoms with van der Waals surface area (Å²) in [6, 6.07) is 4.63. The molecule has 0 spiro atoms. The average Bonchev–Trinajstić information content (AvgIpc) is 2.25. The topological polar surface area (TPSA) is 49.3 Å². The standard InChI is InChI=1S/C11H12ClF2NO2/c1-6-4-7(12)2-3-8(6)11(17)15-5-9(16)10(13)14/h2-4,9-10,16H,5H2,1H3,(H,15,17). The van der Waals surface area contributed by atoms with Crippen molar-refractivity contribution in [1.29, 1.82) is 0 Å². The second-order valence-corrected chi connectivity index (χ2v) is 4.01. The van der Waals surface area contributed by atoms with Crippen LogP contribution in [0.1, 0.15) is 15.9 Å². The van der Waals surface area contributed by atoms with E-state index in [0.29, 0.717) is 16.1 Å². The van der Waals surface area contributed by atoms with Crippen molar-refractivity contribution in [3.05, 3.63) is 34.3 Å². The summed E-state index contributed by atoms with van der Waals surface area (Å²) in [5.41, 5.74) is 0.984. The lowest BCUT2D eigenvalue weighted by Gasteiger charge is -2.11. The van der Waals surface area contributed by atoms with Gasteiger partial charge in [0.2, 0.25) is 0 Å². The van der Waals surface area contributed by atoms with Crippen molar-refractivity contribution < 1.29 is 18.7 Å². The van der Waals surface area contributed by atoms with Gasteiger partial charge in [-0.05, 0) is 30.7 Å². The molecule has 94 valence electrons. The van der Waals surface area contributed by atoms with Gasteiger partial charge in [-0.1, -0.05) is 11.6 Å². The Morgan fingerprint density at radius 2 is 2.18 bits per heavy atom. The van der Waals surface area contributed by atoms with Crippen molar-refractivity contribution in [2.75, 3.05) is 6.54 Å². The summed E-state index contributed by atoms with van der Waals surface area (Å²) in [6.45, 7) is 1.20. The fourth-order valence-corrected chi connectivity index (χ4v) is 1.49. The van der Waals surface area contributed by atoms with Gasteiger partial charge >= 0.3 is 0 Å². The number of halogens is 3. The number of nitrogens with one attached hydrogen (secondary N) is 1. The first-order valence-electron chi connectivity index (χ1n) is 4.92. The second kappa shape index (κ2) is 5.93. The number of hydrogen-bond donors (Lipinski definition) is 2. The molecule has 1 atom stereocenters. The van der Waals surface area contributed by atoms with E-state index in [1.165, 1.54) is 12.1 Å². The molecule has 1 amide bonds. The zero-order chi connectivity index (χ0) is 13.0. The fourth-order valence-electron chi connectivity index (χ4n) is 1.26. The Balaban J connectivity index is 2.64. The van der Waals surface area contributed by atoms with Crippen LogP contribution in [0.4, 0.5) is 8.78 Å². The molecule has 2 N–H and O–H groups in total. The van der Waals surface area contributed by atoms with Crippen molar-refractivity contribution in [1.82, 2.24) is 5.32 Å². The Bertz CT molecular complexity index is 412. The molecule has 1 aromatic carbocycles. The summed E-state index contributed by atoms with van der Waals surface area (Å²) in [5.74, 6) is -0.515. The first-order valence-corrected chi connectivity index (χ1v) is 5.30. The normalized spacial score (nSPS) is 12.6. The molecule has 1 aromatic rings. The van der Waals surface area contributed by atoms with Gasteiger partial charge in [-0.2, -0.15) is 0 Å². The molecule has 0 fully saturated rings. The van der Waals surface area contributed by atoms with E-state index in [1.807, 2.05) is 0 Å². The first kappa shape index (κ1) is 13.9. The molecule has 0 aliphatic rings. The lowest BCUT2D eigenvalue weighted by Crippen LogP contribution is -2.36. The number of carbonyl (C=O) groups is 1. The lowest BCUT2D eigenvalue weighted by molar-refractivity contribution is -0.00270. The van der Waals surface area contributed by atoms with Gasteiger partial charge in [0.1, 0.15) is 6.10 Å². The smallest absolute Gasteiger partial charge is 0.265 e. The van der Waals surface area contributed by atoms with E-state index < -0.39 is 25.0 Å². The fraction of sp³-hybridized carbons (Fsp3) is 0.364. The summed E-state index contributed by atoms with van der Waals surface area (Å²) in [6.07, 6.45) is -4.73. The molecule has 3 nitrogen and oxygen atoms in total. The van der Waals surface area contributed by atoms with Crippen LogP contribution in [0.5, 0.6) is 0 Å². The number of aliphatic hydroxyl groups excluding tert-OH is 1. The van der Waals surface area contributed by atoms with Crippen molar-refractivity contribution in [3.63, 3.8) is 0 Å². The molecular weight excluding hydrogens is 252 g/mol. The van der Waals surface area contributed by atoms with Crippen LogP contribution in [0.15, 0.2) is 18.2 Å². The van der Waals surface area contributed by atoms with E-state index in [0.717, 1.165) is 0 Å². The van der Waals surface area contributed by atoms with Crippen LogP contribution in [-0.2, 0) is 0 Å². The van der Waals surface area contributed by atoms with Crippen LogP contribution >= 0.6 is 11.6 Å². The zero-order valence-electron chi connectivity index (χ0n) is 9.08. The largest absolute Gasteiger partial charge is 0.385 e. The van der Waals surface area contributed by atoms with Crippen LogP contribution in [0.25, 0.3) is 0 Å². The van der Waals surface area contributed by atoms with Crippen LogP contribution in [0.2, 0.25) is 5.02 Å². The van der Waals surface area contributed by atoms with Gasteiger partial charge in [0.05, 0.1) is 0 Å². The Morgan fingerprint density at radius 3 is 2.71 bits per heavy atom. The van der Waals surface area contributed by atoms with Crippen molar-refractivity contribution in [2.24, 2.45) is 0 Å². The quantitative estimate of drug-likeness (QED) is 0.873. The summed E-state index contributed by atoms with van der Waals surface area (Å²) in [5, 5.41) is 11.6. The molecule has 1 unspecified atom stereocenters. The van der Waals surface area contributed by atoms with Crippen molar-refractivity contribution in [2.45, 2.75) is 19.5 Å². The summed E-state index contributed by atoms with van der Waals surface area (Å²) < 4.78 is 24.0. The highest BCUT2D eigenvalue weighted by atomic mass is 35.5. The maximum absolute atomic E-state index is 12.0.